The maximum Gasteiger partial charge on any atom is 0.123 e. The summed E-state index contributed by atoms with van der Waals surface area (Å²) >= 11 is 0. The van der Waals surface area contributed by atoms with Crippen LogP contribution in [-0.2, 0) is 6.42 Å². The van der Waals surface area contributed by atoms with E-state index >= 15 is 0 Å². The first-order chi connectivity index (χ1) is 11.3. The minimum atomic E-state index is -0.197. The maximum absolute atomic E-state index is 13.3. The molecule has 3 rings (SSSR count). The Morgan fingerprint density at radius 1 is 0.739 bits per heavy atom. The Hall–Kier alpha value is -2.41. The number of benzene rings is 3. The molecule has 0 atom stereocenters. The predicted molar refractivity (Wildman–Crippen MR) is 95.9 cm³/mol. The highest BCUT2D eigenvalue weighted by Gasteiger charge is 2.09. The van der Waals surface area contributed by atoms with Crippen LogP contribution in [0.2, 0.25) is 0 Å². The topological polar surface area (TPSA) is 0 Å². The standard InChI is InChI=1S/C22H21F/c1-2-3-7-17-10-15-21(18-8-5-4-6-9-18)22(16-17)19-11-13-20(23)14-12-19/h4-6,8-16H,2-3,7H2,1H3. The summed E-state index contributed by atoms with van der Waals surface area (Å²) in [5.41, 5.74) is 5.95. The second-order valence-corrected chi connectivity index (χ2v) is 5.86. The van der Waals surface area contributed by atoms with Crippen LogP contribution >= 0.6 is 0 Å². The molecule has 1 heteroatoms. The fourth-order valence-corrected chi connectivity index (χ4v) is 2.87. The average molecular weight is 304 g/mol. The highest BCUT2D eigenvalue weighted by Crippen LogP contribution is 2.33. The number of aryl methyl sites for hydroxylation is 1. The molecule has 0 fully saturated rings. The number of unbranched alkanes of at least 4 members (excludes halogenated alkanes) is 1. The van der Waals surface area contributed by atoms with Gasteiger partial charge in [-0.3, -0.25) is 0 Å². The van der Waals surface area contributed by atoms with Crippen LogP contribution in [-0.4, -0.2) is 0 Å². The Morgan fingerprint density at radius 3 is 2.13 bits per heavy atom. The van der Waals surface area contributed by atoms with Crippen LogP contribution in [0.3, 0.4) is 0 Å². The molecule has 3 aromatic carbocycles. The lowest BCUT2D eigenvalue weighted by Crippen LogP contribution is -1.90. The average Bonchev–Trinajstić information content (AvgIpc) is 2.61. The van der Waals surface area contributed by atoms with Crippen LogP contribution in [0.25, 0.3) is 22.3 Å². The van der Waals surface area contributed by atoms with Crippen LogP contribution in [0.15, 0.2) is 72.8 Å². The summed E-state index contributed by atoms with van der Waals surface area (Å²) in [5, 5.41) is 0. The fourth-order valence-electron chi connectivity index (χ4n) is 2.87. The third-order valence-corrected chi connectivity index (χ3v) is 4.14. The number of hydrogen-bond acceptors (Lipinski definition) is 0. The zero-order valence-electron chi connectivity index (χ0n) is 13.4. The normalized spacial score (nSPS) is 10.7. The van der Waals surface area contributed by atoms with E-state index < -0.39 is 0 Å². The van der Waals surface area contributed by atoms with Crippen LogP contribution in [0, 0.1) is 5.82 Å². The molecule has 0 aromatic heterocycles. The molecule has 0 spiro atoms. The summed E-state index contributed by atoms with van der Waals surface area (Å²) in [6.45, 7) is 2.21. The molecule has 0 amide bonds. The van der Waals surface area contributed by atoms with Crippen molar-refractivity contribution in [1.29, 1.82) is 0 Å². The molecule has 0 nitrogen and oxygen atoms in total. The van der Waals surface area contributed by atoms with E-state index in [0.717, 1.165) is 12.0 Å². The van der Waals surface area contributed by atoms with Crippen LogP contribution in [0.5, 0.6) is 0 Å². The molecule has 0 radical (unpaired) electrons. The lowest BCUT2D eigenvalue weighted by molar-refractivity contribution is 0.628. The Balaban J connectivity index is 2.10. The SMILES string of the molecule is CCCCc1ccc(-c2ccccc2)c(-c2ccc(F)cc2)c1. The van der Waals surface area contributed by atoms with Gasteiger partial charge in [0, 0.05) is 0 Å². The van der Waals surface area contributed by atoms with Crippen molar-refractivity contribution < 1.29 is 4.39 Å². The zero-order chi connectivity index (χ0) is 16.1. The first-order valence-corrected chi connectivity index (χ1v) is 8.22. The largest absolute Gasteiger partial charge is 0.207 e. The Kier molecular flexibility index (Phi) is 4.87. The van der Waals surface area contributed by atoms with E-state index in [4.69, 9.17) is 0 Å². The summed E-state index contributed by atoms with van der Waals surface area (Å²) in [7, 11) is 0. The van der Waals surface area contributed by atoms with Crippen molar-refractivity contribution in [1.82, 2.24) is 0 Å². The Labute approximate surface area is 137 Å². The maximum atomic E-state index is 13.3. The monoisotopic (exact) mass is 304 g/mol. The molecule has 0 N–H and O–H groups in total. The van der Waals surface area contributed by atoms with E-state index in [2.05, 4.69) is 49.4 Å². The Morgan fingerprint density at radius 2 is 1.43 bits per heavy atom. The first kappa shape index (κ1) is 15.5. The van der Waals surface area contributed by atoms with Gasteiger partial charge in [0.15, 0.2) is 0 Å². The molecule has 0 unspecified atom stereocenters. The highest BCUT2D eigenvalue weighted by molar-refractivity contribution is 5.83. The molecular formula is C22H21F. The van der Waals surface area contributed by atoms with E-state index in [1.165, 1.54) is 47.2 Å². The Bertz CT molecular complexity index is 758. The smallest absolute Gasteiger partial charge is 0.123 e. The van der Waals surface area contributed by atoms with Gasteiger partial charge >= 0.3 is 0 Å². The quantitative estimate of drug-likeness (QED) is 0.504. The van der Waals surface area contributed by atoms with Gasteiger partial charge < -0.3 is 0 Å². The van der Waals surface area contributed by atoms with Gasteiger partial charge in [0.1, 0.15) is 5.82 Å². The van der Waals surface area contributed by atoms with E-state index in [0.29, 0.717) is 0 Å². The molecule has 3 aromatic rings. The molecule has 0 aliphatic rings. The molecule has 0 heterocycles. The number of hydrogen-bond donors (Lipinski definition) is 0. The molecule has 0 saturated heterocycles. The van der Waals surface area contributed by atoms with Gasteiger partial charge in [0.2, 0.25) is 0 Å². The fraction of sp³-hybridized carbons (Fsp3) is 0.182. The van der Waals surface area contributed by atoms with E-state index in [1.54, 1.807) is 0 Å². The molecule has 23 heavy (non-hydrogen) atoms. The van der Waals surface area contributed by atoms with Gasteiger partial charge in [-0.2, -0.15) is 0 Å². The van der Waals surface area contributed by atoms with Gasteiger partial charge in [-0.05, 0) is 52.8 Å². The van der Waals surface area contributed by atoms with Gasteiger partial charge in [0.05, 0.1) is 0 Å². The van der Waals surface area contributed by atoms with Gasteiger partial charge in [0.25, 0.3) is 0 Å². The summed E-state index contributed by atoms with van der Waals surface area (Å²) in [5.74, 6) is -0.197. The third kappa shape index (κ3) is 3.68. The van der Waals surface area contributed by atoms with Crippen molar-refractivity contribution in [2.75, 3.05) is 0 Å². The molecule has 0 bridgehead atoms. The summed E-state index contributed by atoms with van der Waals surface area (Å²) in [4.78, 5) is 0. The van der Waals surface area contributed by atoms with Crippen molar-refractivity contribution in [3.63, 3.8) is 0 Å². The van der Waals surface area contributed by atoms with Crippen molar-refractivity contribution in [3.8, 4) is 22.3 Å². The molecular weight excluding hydrogens is 283 g/mol. The zero-order valence-corrected chi connectivity index (χ0v) is 13.4. The van der Waals surface area contributed by atoms with Crippen LogP contribution in [0.1, 0.15) is 25.3 Å². The van der Waals surface area contributed by atoms with Gasteiger partial charge in [-0.15, -0.1) is 0 Å². The minimum absolute atomic E-state index is 0.197. The van der Waals surface area contributed by atoms with Crippen LogP contribution in [0.4, 0.5) is 4.39 Å². The molecule has 0 saturated carbocycles. The van der Waals surface area contributed by atoms with Gasteiger partial charge in [-0.25, -0.2) is 4.39 Å². The molecule has 0 aliphatic heterocycles. The second-order valence-electron chi connectivity index (χ2n) is 5.86. The first-order valence-electron chi connectivity index (χ1n) is 8.22. The van der Waals surface area contributed by atoms with E-state index in [9.17, 15) is 4.39 Å². The number of halogens is 1. The number of rotatable bonds is 5. The molecule has 0 aliphatic carbocycles. The summed E-state index contributed by atoms with van der Waals surface area (Å²) in [6.07, 6.45) is 3.46. The second kappa shape index (κ2) is 7.23. The van der Waals surface area contributed by atoms with Crippen molar-refractivity contribution >= 4 is 0 Å². The van der Waals surface area contributed by atoms with E-state index in [-0.39, 0.29) is 5.82 Å². The van der Waals surface area contributed by atoms with Crippen molar-refractivity contribution in [2.45, 2.75) is 26.2 Å². The minimum Gasteiger partial charge on any atom is -0.207 e. The highest BCUT2D eigenvalue weighted by atomic mass is 19.1. The third-order valence-electron chi connectivity index (χ3n) is 4.14. The van der Waals surface area contributed by atoms with Gasteiger partial charge in [-0.1, -0.05) is 74.0 Å². The van der Waals surface area contributed by atoms with Crippen LogP contribution < -0.4 is 0 Å². The van der Waals surface area contributed by atoms with Crippen molar-refractivity contribution in [3.05, 3.63) is 84.2 Å². The lowest BCUT2D eigenvalue weighted by Gasteiger charge is -2.13. The predicted octanol–water partition coefficient (Wildman–Crippen LogP) is 6.50. The van der Waals surface area contributed by atoms with Crippen molar-refractivity contribution in [2.24, 2.45) is 0 Å². The lowest BCUT2D eigenvalue weighted by atomic mass is 9.92. The molecule has 116 valence electrons. The summed E-state index contributed by atoms with van der Waals surface area (Å²) < 4.78 is 13.3. The summed E-state index contributed by atoms with van der Waals surface area (Å²) in [6, 6.07) is 23.8. The van der Waals surface area contributed by atoms with E-state index in [1.807, 2.05) is 18.2 Å².